The van der Waals surface area contributed by atoms with E-state index in [1.807, 2.05) is 121 Å². The SMILES string of the molecule is C/C(=C\c1ccc(Br)cc1)[N+](=O)[O-].C/C(=C\c1ccc(Br)cc1)[N+](=O)[O-].CC[N+](=O)[O-].CI.CN(C)c1ccc(/C=C/c2c(-c3ccc(Br)cc3)[n+](C)c(-c3ccc(Br)cc3)n2C)cc1.Cc1[nH]c(-c2ccc(Br)cc2)nc1-c1ccc(Br)cc1.Cc1c(-c2ccc(Br)cc2)[n+](C)c(-c2ccc(Br)cc2)n1C.N=C(N)c1ccc(Br)cc1.O=Cc1ccc(Br)cc1.[I-].[I-].[In].[O]=[In][O]O. The fraction of sp³-hybridized carbons (Fsp3) is 0.135. The number of carbonyl (C=O) groups is 1. The molecule has 693 valence electrons. The number of carbonyl (C=O) groups excluding carboxylic acids is 1. The number of aromatic amines is 1. The number of nitro groups is 3. The third kappa shape index (κ3) is 42.1. The van der Waals surface area contributed by atoms with E-state index in [9.17, 15) is 35.1 Å². The Balaban J connectivity index is 0.000000532. The summed E-state index contributed by atoms with van der Waals surface area (Å²) >= 11 is 34.2. The van der Waals surface area contributed by atoms with Crippen LogP contribution in [0.4, 0.5) is 5.69 Å². The standard InChI is InChI=1S/C27H26Br2N3.C18H17Br2N2.C16H12Br2N2.2C9H8BrNO2.C7H7BrN2.C7H5BrO.C2H5NO2.CH3I.2HI.2In.H2O2.O/c1-30(2)24-16-5-19(6-17-24)7-18-25-26(20-8-12-22(28)13-9-20)32(4)27(31(25)3)21-10-14-23(29)15-11-21;1-12-17(13-4-8-15(19)9-5-13)22(3)18(21(12)2)14-6-10-16(20)11-7-14;1-10-15(11-2-6-13(17)7-3-11)20-16(19-10)12-4-8-14(18)9-5-12;2*1-7(11(12)13)6-8-2-4-9(10)5-3-8;8-6-3-1-5(2-4-6)7(9)10;8-7-3-1-6(5-9)2-4-7;1-2-3(4)5;1-2;;;;;1-2;/h5-18H,1-4H3;4-11H,1-3H3;2-9H,1H3,(H,19,20);2*2-6H,1H3;1-4H,(H3,9,10);1-5H;2H2,1H3;1H3;2*1H;;;1-2H;/q2*+1;;;;;;;;;;;+1;;/p-3/b18-7+;;;2*7-6+;;;;;;;;;;. The molecule has 0 amide bonds. The number of benzene rings is 11. The molecular weight excluding hydrogens is 2890 g/mol. The number of allylic oxidation sites excluding steroid dienone is 2. The average Bonchev–Trinajstić information content (AvgIpc) is 1.62. The van der Waals surface area contributed by atoms with Gasteiger partial charge in [-0.05, 0) is 217 Å². The minimum atomic E-state index is -2.10. The molecule has 0 aliphatic rings. The number of nitrogens with one attached hydrogen (secondary N) is 2. The van der Waals surface area contributed by atoms with Gasteiger partial charge in [0.15, 0.2) is 17.1 Å². The molecule has 0 aliphatic carbocycles. The summed E-state index contributed by atoms with van der Waals surface area (Å²) in [5.41, 5.74) is 24.9. The third-order valence-electron chi connectivity index (χ3n) is 18.3. The van der Waals surface area contributed by atoms with Crippen molar-refractivity contribution in [1.82, 2.24) is 19.1 Å². The zero-order valence-corrected chi connectivity index (χ0v) is 103. The van der Waals surface area contributed by atoms with Crippen LogP contribution in [0.1, 0.15) is 70.5 Å². The van der Waals surface area contributed by atoms with Crippen LogP contribution in [-0.2, 0) is 34.1 Å². The van der Waals surface area contributed by atoms with Gasteiger partial charge in [-0.25, -0.2) is 23.3 Å². The fourth-order valence-electron chi connectivity index (χ4n) is 11.8. The summed E-state index contributed by atoms with van der Waals surface area (Å²) in [6, 6.07) is 88.0. The van der Waals surface area contributed by atoms with Crippen molar-refractivity contribution in [2.45, 2.75) is 34.6 Å². The van der Waals surface area contributed by atoms with E-state index < -0.39 is 33.2 Å². The second-order valence-electron chi connectivity index (χ2n) is 27.6. The number of rotatable bonds is 17. The number of nitrogen functional groups attached to an aromatic ring is 1. The van der Waals surface area contributed by atoms with Gasteiger partial charge in [0, 0.05) is 174 Å². The zero-order chi connectivity index (χ0) is 96.4. The van der Waals surface area contributed by atoms with E-state index in [-0.39, 0.29) is 102 Å². The quantitative estimate of drug-likeness (QED) is 0.00760. The molecule has 22 nitrogen and oxygen atoms in total. The molecule has 133 heavy (non-hydrogen) atoms. The number of aryl methyl sites for hydroxylation is 1. The van der Waals surface area contributed by atoms with Crippen molar-refractivity contribution >= 4 is 273 Å². The Bertz CT molecular complexity index is 5980. The van der Waals surface area contributed by atoms with Crippen LogP contribution in [0.25, 0.3) is 92.2 Å². The maximum atomic E-state index is 10.3. The summed E-state index contributed by atoms with van der Waals surface area (Å²) in [7, 11) is 12.6. The summed E-state index contributed by atoms with van der Waals surface area (Å²) in [4.78, 5) is 50.9. The van der Waals surface area contributed by atoms with Crippen LogP contribution >= 0.6 is 182 Å². The number of halogens is 13. The molecule has 3 aromatic heterocycles. The van der Waals surface area contributed by atoms with Crippen LogP contribution in [-0.4, -0.2) is 126 Å². The van der Waals surface area contributed by atoms with Crippen molar-refractivity contribution in [3.05, 3.63) is 398 Å². The van der Waals surface area contributed by atoms with Gasteiger partial charge < -0.3 is 63.6 Å². The monoisotopic (exact) mass is 2970 g/mol. The van der Waals surface area contributed by atoms with Gasteiger partial charge in [0.25, 0.3) is 11.6 Å². The molecule has 3 radical (unpaired) electrons. The van der Waals surface area contributed by atoms with Gasteiger partial charge in [-0.1, -0.05) is 273 Å². The van der Waals surface area contributed by atoms with Gasteiger partial charge in [-0.2, -0.15) is 0 Å². The van der Waals surface area contributed by atoms with Crippen molar-refractivity contribution in [2.24, 2.45) is 33.9 Å². The predicted octanol–water partition coefficient (Wildman–Crippen LogP) is 22.1. The van der Waals surface area contributed by atoms with Crippen molar-refractivity contribution in [3.63, 3.8) is 0 Å². The molecule has 0 fully saturated rings. The molecule has 0 saturated carbocycles. The van der Waals surface area contributed by atoms with Crippen LogP contribution in [0.5, 0.6) is 0 Å². The Hall–Kier alpha value is -6.30. The molecule has 3 heterocycles. The number of hydrogen-bond acceptors (Lipinski definition) is 13. The van der Waals surface area contributed by atoms with Gasteiger partial charge in [-0.15, -0.1) is 0 Å². The van der Waals surface area contributed by atoms with E-state index in [0.29, 0.717) is 5.56 Å². The van der Waals surface area contributed by atoms with Crippen LogP contribution in [0.2, 0.25) is 0 Å². The first-order valence-electron chi connectivity index (χ1n) is 38.8. The summed E-state index contributed by atoms with van der Waals surface area (Å²) in [6.07, 6.45) is 8.29. The average molecular weight is 2980 g/mol. The summed E-state index contributed by atoms with van der Waals surface area (Å²) in [6.45, 7) is 8.69. The number of aromatic nitrogens is 6. The van der Waals surface area contributed by atoms with Gasteiger partial charge in [0.1, 0.15) is 23.6 Å². The number of amidine groups is 1. The molecule has 14 rings (SSSR count). The van der Waals surface area contributed by atoms with E-state index in [1.165, 1.54) is 89.3 Å². The molecule has 11 aromatic carbocycles. The van der Waals surface area contributed by atoms with Gasteiger partial charge in [-0.3, -0.25) is 40.5 Å². The number of nitrogens with zero attached hydrogens (tertiary/aromatic N) is 9. The van der Waals surface area contributed by atoms with Crippen molar-refractivity contribution in [3.8, 4) is 67.9 Å². The molecular formula is C96H92Br10I3In2N12O10. The maximum absolute atomic E-state index is 10.3. The molecule has 0 unspecified atom stereocenters. The first kappa shape index (κ1) is 123. The number of imidazole rings is 3. The molecule has 0 atom stereocenters. The molecule has 0 spiro atoms. The van der Waals surface area contributed by atoms with Gasteiger partial charge in [0.05, 0.1) is 54.9 Å². The number of hydrogen-bond donors (Lipinski definition) is 4. The fourth-order valence-corrected chi connectivity index (χ4v) is 14.5. The third-order valence-corrected chi connectivity index (χ3v) is 23.9. The molecule has 14 aromatic rings. The normalized spacial score (nSPS) is 10.1. The van der Waals surface area contributed by atoms with Crippen molar-refractivity contribution in [1.29, 1.82) is 5.41 Å². The Morgan fingerprint density at radius 2 is 0.782 bits per heavy atom. The summed E-state index contributed by atoms with van der Waals surface area (Å²) in [5.74, 6) is 3.35. The first-order valence-corrected chi connectivity index (χ1v) is 51.6. The predicted molar refractivity (Wildman–Crippen MR) is 577 cm³/mol. The van der Waals surface area contributed by atoms with E-state index in [0.717, 1.165) is 108 Å². The van der Waals surface area contributed by atoms with E-state index >= 15 is 0 Å². The van der Waals surface area contributed by atoms with Crippen LogP contribution < -0.4 is 67.7 Å². The molecule has 5 N–H and O–H groups in total. The van der Waals surface area contributed by atoms with Crippen LogP contribution in [0.15, 0.2) is 323 Å². The van der Waals surface area contributed by atoms with E-state index in [2.05, 4.69) is 408 Å². The Morgan fingerprint density at radius 1 is 0.496 bits per heavy atom. The molecule has 0 aliphatic heterocycles. The van der Waals surface area contributed by atoms with E-state index in [1.54, 1.807) is 24.3 Å². The number of H-pyrrole nitrogens is 1. The Morgan fingerprint density at radius 3 is 1.10 bits per heavy atom. The van der Waals surface area contributed by atoms with Crippen molar-refractivity contribution in [2.75, 3.05) is 30.5 Å². The second kappa shape index (κ2) is 64.8. The first-order chi connectivity index (χ1) is 61.9. The Kier molecular flexibility index (Phi) is 59.8. The van der Waals surface area contributed by atoms with Crippen LogP contribution in [0.3, 0.4) is 0 Å². The van der Waals surface area contributed by atoms with Crippen LogP contribution in [0, 0.1) is 49.6 Å². The van der Waals surface area contributed by atoms with Gasteiger partial charge in [0.2, 0.25) is 17.9 Å². The minimum absolute atomic E-state index is 0. The van der Waals surface area contributed by atoms with E-state index in [4.69, 9.17) is 24.2 Å². The number of nitrogens with two attached hydrogens (primary N) is 1. The summed E-state index contributed by atoms with van der Waals surface area (Å²) < 4.78 is 31.7. The van der Waals surface area contributed by atoms with Crippen molar-refractivity contribution < 1.29 is 87.8 Å². The topological polar surface area (TPSA) is 292 Å². The Labute approximate surface area is 938 Å². The second-order valence-corrected chi connectivity index (χ2v) is 37.9. The zero-order valence-electron chi connectivity index (χ0n) is 73.8. The number of alkyl halides is 1. The molecule has 0 saturated heterocycles. The number of aldehydes is 1. The summed E-state index contributed by atoms with van der Waals surface area (Å²) in [5, 5.41) is 44.0. The molecule has 37 heteroatoms. The van der Waals surface area contributed by atoms with Gasteiger partial charge >= 0.3 is 34.5 Å². The number of anilines is 1. The molecule has 0 bridgehead atoms.